The van der Waals surface area contributed by atoms with Crippen LogP contribution in [-0.4, -0.2) is 0 Å². The third-order valence-corrected chi connectivity index (χ3v) is 0.586. The first kappa shape index (κ1) is 6.86. The van der Waals surface area contributed by atoms with Crippen molar-refractivity contribution in [1.82, 2.24) is 0 Å². The molecular weight excluding hydrogens is 200 g/mol. The van der Waals surface area contributed by atoms with Crippen LogP contribution in [0.4, 0.5) is 0 Å². The molecule has 1 heteroatoms. The second-order valence-corrected chi connectivity index (χ2v) is 1.00. The molecule has 0 aliphatic heterocycles. The van der Waals surface area contributed by atoms with E-state index in [1.54, 1.807) is 0 Å². The number of hydrogen-bond donors (Lipinski definition) is 0. The van der Waals surface area contributed by atoms with Gasteiger partial charge in [0.05, 0.1) is 0 Å². The van der Waals surface area contributed by atoms with Crippen LogP contribution >= 0.6 is 0 Å². The molecule has 0 unspecified atom stereocenters. The first-order valence-electron chi connectivity index (χ1n) is 1.72. The van der Waals surface area contributed by atoms with Crippen LogP contribution in [0.3, 0.4) is 0 Å². The zero-order valence-electron chi connectivity index (χ0n) is 3.44. The maximum Gasteiger partial charge on any atom is 0 e. The molecule has 1 aliphatic carbocycles. The van der Waals surface area contributed by atoms with Crippen LogP contribution in [0.25, 0.3) is 0 Å². The Morgan fingerprint density at radius 2 is 2.33 bits per heavy atom. The fourth-order valence-electron chi connectivity index (χ4n) is 0.340. The Labute approximate surface area is 71.7 Å². The Bertz CT molecular complexity index is 62.0. The molecule has 0 atom stereocenters. The molecule has 0 heterocycles. The monoisotopic (exact) mass is 205 g/mol. The molecule has 0 nitrogen and oxygen atoms in total. The van der Waals surface area contributed by atoms with Crippen molar-refractivity contribution in [1.29, 1.82) is 0 Å². The summed E-state index contributed by atoms with van der Waals surface area (Å²) in [6, 6.07) is 0. The van der Waals surface area contributed by atoms with Crippen LogP contribution in [0.5, 0.6) is 0 Å². The first-order chi connectivity index (χ1) is 2.50. The first-order valence-corrected chi connectivity index (χ1v) is 1.72. The second kappa shape index (κ2) is 4.03. The fraction of sp³-hybridized carbons (Fsp3) is 0.200. The molecule has 0 amide bonds. The molecule has 0 aromatic carbocycles. The summed E-state index contributed by atoms with van der Waals surface area (Å²) in [4.78, 5) is 0. The third kappa shape index (κ3) is 2.11. The zero-order chi connectivity index (χ0) is 3.54. The van der Waals surface area contributed by atoms with Gasteiger partial charge in [0.25, 0.3) is 0 Å². The van der Waals surface area contributed by atoms with Crippen molar-refractivity contribution in [2.24, 2.45) is 0 Å². The predicted molar refractivity (Wildman–Crippen MR) is 21.6 cm³/mol. The number of allylic oxidation sites excluding steroid dienone is 4. The molecule has 0 aromatic rings. The topological polar surface area (TPSA) is 0 Å². The van der Waals surface area contributed by atoms with E-state index in [0.717, 1.165) is 6.42 Å². The van der Waals surface area contributed by atoms with E-state index < -0.39 is 0 Å². The van der Waals surface area contributed by atoms with Crippen LogP contribution in [0.15, 0.2) is 18.2 Å². The Hall–Kier alpha value is 0.857. The van der Waals surface area contributed by atoms with Crippen LogP contribution in [-0.2, 0) is 0 Å². The average molecular weight is 205 g/mol. The van der Waals surface area contributed by atoms with Gasteiger partial charge in [0.1, 0.15) is 0 Å². The molecule has 0 spiro atoms. The van der Waals surface area contributed by atoms with Crippen LogP contribution < -0.4 is 0 Å². The van der Waals surface area contributed by atoms with E-state index in [1.165, 1.54) is 0 Å². The number of rotatable bonds is 0. The molecule has 0 aromatic heterocycles. The summed E-state index contributed by atoms with van der Waals surface area (Å²) in [6.45, 7) is 0. The minimum absolute atomic E-state index is 0. The molecule has 0 saturated carbocycles. The van der Waals surface area contributed by atoms with Crippen molar-refractivity contribution >= 4 is 0 Å². The number of hydrogen-bond acceptors (Lipinski definition) is 0. The Kier molecular flexibility index (Phi) is 4.60. The molecule has 1 rings (SSSR count). The molecule has 0 bridgehead atoms. The normalized spacial score (nSPS) is 14.7. The second-order valence-electron chi connectivity index (χ2n) is 1.00. The maximum absolute atomic E-state index is 2.99. The van der Waals surface area contributed by atoms with E-state index in [-0.39, 0.29) is 41.7 Å². The molecule has 30 valence electrons. The molecule has 0 fully saturated rings. The minimum Gasteiger partial charge on any atom is -0.273 e. The van der Waals surface area contributed by atoms with E-state index in [4.69, 9.17) is 0 Å². The molecular formula is C5H5Ce-. The van der Waals surface area contributed by atoms with Gasteiger partial charge in [0.15, 0.2) is 0 Å². The molecule has 0 radical (unpaired) electrons. The quantitative estimate of drug-likeness (QED) is 0.523. The third-order valence-electron chi connectivity index (χ3n) is 0.586. The Morgan fingerprint density at radius 3 is 2.50 bits per heavy atom. The summed E-state index contributed by atoms with van der Waals surface area (Å²) in [5.74, 6) is 0. The van der Waals surface area contributed by atoms with Gasteiger partial charge in [-0.1, -0.05) is 0 Å². The smallest absolute Gasteiger partial charge is 0 e. The van der Waals surface area contributed by atoms with Crippen molar-refractivity contribution in [3.8, 4) is 0 Å². The maximum atomic E-state index is 2.99. The molecule has 6 heavy (non-hydrogen) atoms. The summed E-state index contributed by atoms with van der Waals surface area (Å²) >= 11 is 0. The summed E-state index contributed by atoms with van der Waals surface area (Å²) < 4.78 is 0. The van der Waals surface area contributed by atoms with Gasteiger partial charge in [0, 0.05) is 41.7 Å². The Balaban J connectivity index is 0.000000250. The largest absolute Gasteiger partial charge is 0.273 e. The van der Waals surface area contributed by atoms with Crippen molar-refractivity contribution in [3.63, 3.8) is 0 Å². The average Bonchev–Trinajstić information content (AvgIpc) is 1.76. The zero-order valence-corrected chi connectivity index (χ0v) is 6.58. The van der Waals surface area contributed by atoms with Crippen LogP contribution in [0, 0.1) is 47.8 Å². The van der Waals surface area contributed by atoms with E-state index in [1.807, 2.05) is 12.2 Å². The van der Waals surface area contributed by atoms with E-state index >= 15 is 0 Å². The molecule has 0 saturated heterocycles. The van der Waals surface area contributed by atoms with Gasteiger partial charge < -0.3 is 0 Å². The fourth-order valence-corrected chi connectivity index (χ4v) is 0.340. The van der Waals surface area contributed by atoms with Crippen molar-refractivity contribution < 1.29 is 41.7 Å². The van der Waals surface area contributed by atoms with Crippen molar-refractivity contribution in [2.45, 2.75) is 6.42 Å². The van der Waals surface area contributed by atoms with E-state index in [9.17, 15) is 0 Å². The van der Waals surface area contributed by atoms with Gasteiger partial charge in [-0.3, -0.25) is 6.08 Å². The van der Waals surface area contributed by atoms with Crippen molar-refractivity contribution in [2.75, 3.05) is 0 Å². The SMILES string of the molecule is [C-]1=CC=CC1.[Ce]. The summed E-state index contributed by atoms with van der Waals surface area (Å²) in [5.41, 5.74) is 0. The van der Waals surface area contributed by atoms with E-state index in [2.05, 4.69) is 12.2 Å². The van der Waals surface area contributed by atoms with Gasteiger partial charge in [-0.2, -0.15) is 6.08 Å². The summed E-state index contributed by atoms with van der Waals surface area (Å²) in [7, 11) is 0. The molecule has 1 aliphatic rings. The summed E-state index contributed by atoms with van der Waals surface area (Å²) in [6.07, 6.45) is 10.0. The Morgan fingerprint density at radius 1 is 1.50 bits per heavy atom. The van der Waals surface area contributed by atoms with Gasteiger partial charge in [0.2, 0.25) is 0 Å². The minimum atomic E-state index is 0. The standard InChI is InChI=1S/C5H5.Ce/c1-2-4-5-3-1;/h1-3H,4H2;/q-1;. The van der Waals surface area contributed by atoms with Gasteiger partial charge in [-0.05, 0) is 0 Å². The van der Waals surface area contributed by atoms with Gasteiger partial charge in [-0.15, -0.1) is 6.42 Å². The predicted octanol–water partition coefficient (Wildman–Crippen LogP) is 1.31. The van der Waals surface area contributed by atoms with Crippen LogP contribution in [0.2, 0.25) is 0 Å². The van der Waals surface area contributed by atoms with Gasteiger partial charge in [-0.25, -0.2) is 12.2 Å². The van der Waals surface area contributed by atoms with E-state index in [0.29, 0.717) is 0 Å². The van der Waals surface area contributed by atoms with Crippen LogP contribution in [0.1, 0.15) is 6.42 Å². The van der Waals surface area contributed by atoms with Crippen molar-refractivity contribution in [3.05, 3.63) is 24.3 Å². The molecule has 0 N–H and O–H groups in total. The summed E-state index contributed by atoms with van der Waals surface area (Å²) in [5, 5.41) is 0. The van der Waals surface area contributed by atoms with Gasteiger partial charge >= 0.3 is 0 Å².